The predicted molar refractivity (Wildman–Crippen MR) is 159 cm³/mol. The van der Waals surface area contributed by atoms with Gasteiger partial charge in [-0.2, -0.15) is 0 Å². The zero-order valence-electron chi connectivity index (χ0n) is 24.0. The van der Waals surface area contributed by atoms with Gasteiger partial charge in [-0.15, -0.1) is 13.2 Å². The van der Waals surface area contributed by atoms with Crippen molar-refractivity contribution in [1.29, 1.82) is 0 Å². The Morgan fingerprint density at radius 3 is 2.11 bits per heavy atom. The SMILES string of the molecule is C=C.CCC1C2N(C)c3cnc(-c4c(C(C)C)cccc4C(C)C)nc3N2c2ccccc2C1(C)CC. The summed E-state index contributed by atoms with van der Waals surface area (Å²) in [5, 5.41) is 0. The minimum atomic E-state index is 0.119. The van der Waals surface area contributed by atoms with E-state index in [1.807, 2.05) is 0 Å². The maximum absolute atomic E-state index is 5.36. The molecule has 5 rings (SSSR count). The van der Waals surface area contributed by atoms with Gasteiger partial charge in [0.05, 0.1) is 6.20 Å². The molecule has 37 heavy (non-hydrogen) atoms. The molecule has 0 N–H and O–H groups in total. The molecule has 4 heteroatoms. The molecule has 196 valence electrons. The van der Waals surface area contributed by atoms with Gasteiger partial charge in [0.1, 0.15) is 11.9 Å². The summed E-state index contributed by atoms with van der Waals surface area (Å²) in [7, 11) is 2.22. The highest BCUT2D eigenvalue weighted by Gasteiger charge is 2.52. The molecule has 3 heterocycles. The Hall–Kier alpha value is -3.14. The molecule has 0 saturated heterocycles. The second-order valence-electron chi connectivity index (χ2n) is 11.2. The topological polar surface area (TPSA) is 32.3 Å². The van der Waals surface area contributed by atoms with Crippen molar-refractivity contribution in [3.8, 4) is 11.4 Å². The first-order valence-electron chi connectivity index (χ1n) is 13.9. The van der Waals surface area contributed by atoms with E-state index < -0.39 is 0 Å². The normalized spacial score (nSPS) is 21.9. The molecule has 2 aromatic carbocycles. The van der Waals surface area contributed by atoms with E-state index in [9.17, 15) is 0 Å². The molecule has 0 fully saturated rings. The number of hydrogen-bond acceptors (Lipinski definition) is 4. The van der Waals surface area contributed by atoms with Crippen LogP contribution in [0.1, 0.15) is 89.8 Å². The van der Waals surface area contributed by atoms with Crippen LogP contribution in [0.3, 0.4) is 0 Å². The first-order chi connectivity index (χ1) is 17.7. The second-order valence-corrected chi connectivity index (χ2v) is 11.2. The molecule has 4 nitrogen and oxygen atoms in total. The third-order valence-corrected chi connectivity index (χ3v) is 8.75. The number of rotatable bonds is 5. The number of para-hydroxylation sites is 1. The van der Waals surface area contributed by atoms with Crippen molar-refractivity contribution in [3.63, 3.8) is 0 Å². The largest absolute Gasteiger partial charge is 0.349 e. The van der Waals surface area contributed by atoms with Gasteiger partial charge in [0, 0.05) is 29.6 Å². The number of benzene rings is 2. The molecule has 2 aliphatic heterocycles. The van der Waals surface area contributed by atoms with E-state index >= 15 is 0 Å². The zero-order chi connectivity index (χ0) is 27.1. The molecule has 1 aromatic heterocycles. The molecule has 0 radical (unpaired) electrons. The van der Waals surface area contributed by atoms with E-state index in [4.69, 9.17) is 9.97 Å². The smallest absolute Gasteiger partial charge is 0.162 e. The summed E-state index contributed by atoms with van der Waals surface area (Å²) in [4.78, 5) is 15.3. The molecule has 0 amide bonds. The van der Waals surface area contributed by atoms with Crippen molar-refractivity contribution in [2.45, 2.75) is 84.7 Å². The summed E-state index contributed by atoms with van der Waals surface area (Å²) < 4.78 is 0. The molecule has 3 aromatic rings. The summed E-state index contributed by atoms with van der Waals surface area (Å²) >= 11 is 0. The highest BCUT2D eigenvalue weighted by atomic mass is 15.5. The molecular formula is C33H44N4. The summed E-state index contributed by atoms with van der Waals surface area (Å²) in [5.74, 6) is 3.18. The average Bonchev–Trinajstić information content (AvgIpc) is 3.21. The van der Waals surface area contributed by atoms with Crippen LogP contribution in [0.4, 0.5) is 17.2 Å². The van der Waals surface area contributed by atoms with Crippen LogP contribution in [0, 0.1) is 5.92 Å². The van der Waals surface area contributed by atoms with Crippen molar-refractivity contribution < 1.29 is 0 Å². The number of fused-ring (bicyclic) bond motifs is 5. The highest BCUT2D eigenvalue weighted by molar-refractivity contribution is 5.85. The average molecular weight is 497 g/mol. The fourth-order valence-corrected chi connectivity index (χ4v) is 6.68. The van der Waals surface area contributed by atoms with E-state index in [0.717, 1.165) is 30.2 Å². The van der Waals surface area contributed by atoms with Gasteiger partial charge in [-0.25, -0.2) is 9.97 Å². The van der Waals surface area contributed by atoms with E-state index in [1.165, 1.54) is 27.9 Å². The van der Waals surface area contributed by atoms with Crippen LogP contribution >= 0.6 is 0 Å². The van der Waals surface area contributed by atoms with Gasteiger partial charge in [0.25, 0.3) is 0 Å². The second kappa shape index (κ2) is 10.3. The Bertz CT molecular complexity index is 1240. The summed E-state index contributed by atoms with van der Waals surface area (Å²) in [6, 6.07) is 15.7. The Morgan fingerprint density at radius 1 is 0.919 bits per heavy atom. The van der Waals surface area contributed by atoms with Crippen LogP contribution in [0.25, 0.3) is 11.4 Å². The number of aromatic nitrogens is 2. The lowest BCUT2D eigenvalue weighted by Crippen LogP contribution is -2.55. The van der Waals surface area contributed by atoms with Crippen molar-refractivity contribution >= 4 is 17.2 Å². The van der Waals surface area contributed by atoms with Gasteiger partial charge in [0.2, 0.25) is 0 Å². The maximum Gasteiger partial charge on any atom is 0.162 e. The summed E-state index contributed by atoms with van der Waals surface area (Å²) in [6.07, 6.45) is 4.54. The minimum absolute atomic E-state index is 0.119. The standard InChI is InChI=1S/C31H40N4.C2H4/c1-9-23-30-34(8)26-18-32-28(27-21(19(3)4)14-13-15-22(27)20(5)6)33-29(26)35(30)25-17-12-11-16-24(25)31(23,7)10-2;1-2/h11-20,23,30H,9-10H2,1-8H3;1-2H2. The Labute approximate surface area is 224 Å². The molecule has 0 saturated carbocycles. The molecule has 3 atom stereocenters. The summed E-state index contributed by atoms with van der Waals surface area (Å²) in [6.45, 7) is 22.2. The molecule has 3 unspecified atom stereocenters. The monoisotopic (exact) mass is 496 g/mol. The molecular weight excluding hydrogens is 452 g/mol. The quantitative estimate of drug-likeness (QED) is 0.330. The lowest BCUT2D eigenvalue weighted by Gasteiger charge is -2.51. The Kier molecular flexibility index (Phi) is 7.50. The van der Waals surface area contributed by atoms with Crippen LogP contribution in [-0.2, 0) is 5.41 Å². The van der Waals surface area contributed by atoms with Crippen LogP contribution in [0.15, 0.2) is 61.8 Å². The van der Waals surface area contributed by atoms with Gasteiger partial charge in [-0.1, -0.05) is 84.9 Å². The number of nitrogens with zero attached hydrogens (tertiary/aromatic N) is 4. The van der Waals surface area contributed by atoms with Gasteiger partial charge in [-0.3, -0.25) is 0 Å². The van der Waals surface area contributed by atoms with Crippen molar-refractivity contribution in [3.05, 3.63) is 78.5 Å². The van der Waals surface area contributed by atoms with Gasteiger partial charge < -0.3 is 9.80 Å². The Morgan fingerprint density at radius 2 is 1.54 bits per heavy atom. The maximum atomic E-state index is 5.36. The lowest BCUT2D eigenvalue weighted by atomic mass is 9.64. The third-order valence-electron chi connectivity index (χ3n) is 8.75. The van der Waals surface area contributed by atoms with E-state index in [0.29, 0.717) is 17.8 Å². The first kappa shape index (κ1) is 26.9. The first-order valence-corrected chi connectivity index (χ1v) is 13.9. The fourth-order valence-electron chi connectivity index (χ4n) is 6.68. The van der Waals surface area contributed by atoms with Crippen LogP contribution in [0.5, 0.6) is 0 Å². The van der Waals surface area contributed by atoms with Crippen LogP contribution < -0.4 is 9.80 Å². The lowest BCUT2D eigenvalue weighted by molar-refractivity contribution is 0.218. The Balaban J connectivity index is 0.00000156. The number of hydrogen-bond donors (Lipinski definition) is 0. The van der Waals surface area contributed by atoms with E-state index in [1.54, 1.807) is 0 Å². The van der Waals surface area contributed by atoms with E-state index in [2.05, 4.69) is 127 Å². The van der Waals surface area contributed by atoms with Crippen LogP contribution in [0.2, 0.25) is 0 Å². The van der Waals surface area contributed by atoms with E-state index in [-0.39, 0.29) is 11.6 Å². The van der Waals surface area contributed by atoms with Gasteiger partial charge >= 0.3 is 0 Å². The van der Waals surface area contributed by atoms with Crippen molar-refractivity contribution in [2.24, 2.45) is 5.92 Å². The number of anilines is 3. The third kappa shape index (κ3) is 4.05. The molecule has 0 bridgehead atoms. The van der Waals surface area contributed by atoms with Crippen molar-refractivity contribution in [1.82, 2.24) is 9.97 Å². The zero-order valence-corrected chi connectivity index (χ0v) is 24.0. The summed E-state index contributed by atoms with van der Waals surface area (Å²) in [5.41, 5.74) is 7.84. The molecule has 0 spiro atoms. The molecule has 2 aliphatic rings. The fraction of sp³-hybridized carbons (Fsp3) is 0.455. The van der Waals surface area contributed by atoms with Crippen molar-refractivity contribution in [2.75, 3.05) is 16.8 Å². The van der Waals surface area contributed by atoms with Gasteiger partial charge in [-0.05, 0) is 47.4 Å². The predicted octanol–water partition coefficient (Wildman–Crippen LogP) is 8.81. The highest BCUT2D eigenvalue weighted by Crippen LogP contribution is 2.56. The molecule has 0 aliphatic carbocycles. The van der Waals surface area contributed by atoms with Gasteiger partial charge in [0.15, 0.2) is 11.6 Å². The van der Waals surface area contributed by atoms with Crippen LogP contribution in [-0.4, -0.2) is 23.2 Å². The minimum Gasteiger partial charge on any atom is -0.349 e.